The minimum Gasteiger partial charge on any atom is -0.480 e. The van der Waals surface area contributed by atoms with Gasteiger partial charge in [0.25, 0.3) is 5.91 Å². The Balaban J connectivity index is 2.75. The summed E-state index contributed by atoms with van der Waals surface area (Å²) >= 11 is 0. The molecule has 1 unspecified atom stereocenters. The van der Waals surface area contributed by atoms with Crippen LogP contribution in [0.4, 0.5) is 8.78 Å². The van der Waals surface area contributed by atoms with E-state index in [9.17, 15) is 18.4 Å². The quantitative estimate of drug-likeness (QED) is 0.832. The van der Waals surface area contributed by atoms with Crippen LogP contribution < -0.4 is 5.32 Å². The monoisotopic (exact) mass is 258 g/mol. The summed E-state index contributed by atoms with van der Waals surface area (Å²) < 4.78 is 24.3. The lowest BCUT2D eigenvalue weighted by Crippen LogP contribution is -2.42. The SMILES string of the molecule is Cc1cccc(C(=O)NC(CC(F)F)C(=O)O)n1. The summed E-state index contributed by atoms with van der Waals surface area (Å²) in [5.74, 6) is -2.29. The first-order chi connectivity index (χ1) is 8.40. The van der Waals surface area contributed by atoms with Gasteiger partial charge in [-0.15, -0.1) is 0 Å². The molecular weight excluding hydrogens is 246 g/mol. The van der Waals surface area contributed by atoms with E-state index in [2.05, 4.69) is 4.98 Å². The molecule has 0 radical (unpaired) electrons. The minimum absolute atomic E-state index is 0.00415. The number of rotatable bonds is 5. The van der Waals surface area contributed by atoms with E-state index < -0.39 is 30.8 Å². The van der Waals surface area contributed by atoms with Gasteiger partial charge < -0.3 is 10.4 Å². The molecule has 2 N–H and O–H groups in total. The Bertz CT molecular complexity index is 452. The van der Waals surface area contributed by atoms with Crippen LogP contribution in [0.3, 0.4) is 0 Å². The summed E-state index contributed by atoms with van der Waals surface area (Å²) in [6.45, 7) is 1.66. The number of alkyl halides is 2. The van der Waals surface area contributed by atoms with E-state index in [4.69, 9.17) is 5.11 Å². The van der Waals surface area contributed by atoms with E-state index in [0.717, 1.165) is 0 Å². The molecule has 0 spiro atoms. The van der Waals surface area contributed by atoms with Crippen molar-refractivity contribution in [3.63, 3.8) is 0 Å². The van der Waals surface area contributed by atoms with Gasteiger partial charge in [0.1, 0.15) is 11.7 Å². The van der Waals surface area contributed by atoms with Gasteiger partial charge in [0.15, 0.2) is 0 Å². The smallest absolute Gasteiger partial charge is 0.326 e. The van der Waals surface area contributed by atoms with Gasteiger partial charge in [-0.1, -0.05) is 6.07 Å². The first-order valence-corrected chi connectivity index (χ1v) is 5.15. The van der Waals surface area contributed by atoms with Gasteiger partial charge in [-0.25, -0.2) is 18.6 Å². The fourth-order valence-electron chi connectivity index (χ4n) is 1.30. The van der Waals surface area contributed by atoms with Crippen molar-refractivity contribution in [2.75, 3.05) is 0 Å². The maximum atomic E-state index is 12.1. The highest BCUT2D eigenvalue weighted by Crippen LogP contribution is 2.06. The second-order valence-electron chi connectivity index (χ2n) is 3.66. The highest BCUT2D eigenvalue weighted by atomic mass is 19.3. The highest BCUT2D eigenvalue weighted by molar-refractivity contribution is 5.94. The zero-order valence-electron chi connectivity index (χ0n) is 9.56. The molecule has 7 heteroatoms. The van der Waals surface area contributed by atoms with Gasteiger partial charge in [0.05, 0.1) is 0 Å². The summed E-state index contributed by atoms with van der Waals surface area (Å²) in [5.41, 5.74) is 0.568. The largest absolute Gasteiger partial charge is 0.480 e. The maximum absolute atomic E-state index is 12.1. The predicted molar refractivity (Wildman–Crippen MR) is 58.5 cm³/mol. The maximum Gasteiger partial charge on any atom is 0.326 e. The first-order valence-electron chi connectivity index (χ1n) is 5.15. The van der Waals surface area contributed by atoms with Gasteiger partial charge in [0.2, 0.25) is 6.43 Å². The Morgan fingerprint density at radius 3 is 2.61 bits per heavy atom. The number of aromatic nitrogens is 1. The Labute approximate surface area is 102 Å². The van der Waals surface area contributed by atoms with Gasteiger partial charge >= 0.3 is 5.97 Å². The molecule has 1 aromatic heterocycles. The second kappa shape index (κ2) is 6.04. The van der Waals surface area contributed by atoms with Crippen LogP contribution >= 0.6 is 0 Å². The van der Waals surface area contributed by atoms with Gasteiger partial charge in [0, 0.05) is 12.1 Å². The van der Waals surface area contributed by atoms with Gasteiger partial charge in [-0.3, -0.25) is 4.79 Å². The number of hydrogen-bond donors (Lipinski definition) is 2. The molecule has 0 aliphatic rings. The molecule has 18 heavy (non-hydrogen) atoms. The zero-order valence-corrected chi connectivity index (χ0v) is 9.56. The molecule has 1 aromatic rings. The molecule has 1 heterocycles. The minimum atomic E-state index is -2.81. The number of halogens is 2. The van der Waals surface area contributed by atoms with E-state index in [1.165, 1.54) is 6.07 Å². The molecule has 5 nitrogen and oxygen atoms in total. The third-order valence-corrected chi connectivity index (χ3v) is 2.14. The molecular formula is C11H12F2N2O3. The van der Waals surface area contributed by atoms with Crippen LogP contribution in [0.1, 0.15) is 22.6 Å². The fraction of sp³-hybridized carbons (Fsp3) is 0.364. The van der Waals surface area contributed by atoms with E-state index in [1.54, 1.807) is 19.1 Å². The van der Waals surface area contributed by atoms with Crippen molar-refractivity contribution >= 4 is 11.9 Å². The molecule has 1 rings (SSSR count). The lowest BCUT2D eigenvalue weighted by atomic mass is 10.2. The van der Waals surface area contributed by atoms with Crippen molar-refractivity contribution in [3.05, 3.63) is 29.6 Å². The summed E-state index contributed by atoms with van der Waals surface area (Å²) in [4.78, 5) is 26.2. The Morgan fingerprint density at radius 2 is 2.11 bits per heavy atom. The average molecular weight is 258 g/mol. The highest BCUT2D eigenvalue weighted by Gasteiger charge is 2.24. The number of carbonyl (C=O) groups is 2. The van der Waals surface area contributed by atoms with Crippen LogP contribution in [0.25, 0.3) is 0 Å². The van der Waals surface area contributed by atoms with Crippen molar-refractivity contribution in [2.45, 2.75) is 25.8 Å². The molecule has 0 saturated heterocycles. The molecule has 98 valence electrons. The zero-order chi connectivity index (χ0) is 13.7. The summed E-state index contributed by atoms with van der Waals surface area (Å²) in [6, 6.07) is 2.98. The third kappa shape index (κ3) is 4.08. The first kappa shape index (κ1) is 14.0. The van der Waals surface area contributed by atoms with Crippen LogP contribution in [0.15, 0.2) is 18.2 Å². The van der Waals surface area contributed by atoms with Gasteiger partial charge in [-0.2, -0.15) is 0 Å². The molecule has 0 bridgehead atoms. The number of carbonyl (C=O) groups excluding carboxylic acids is 1. The molecule has 0 fully saturated rings. The second-order valence-corrected chi connectivity index (χ2v) is 3.66. The number of carboxylic acids is 1. The van der Waals surface area contributed by atoms with Crippen molar-refractivity contribution in [1.82, 2.24) is 10.3 Å². The molecule has 1 atom stereocenters. The number of nitrogens with one attached hydrogen (secondary N) is 1. The number of aryl methyl sites for hydroxylation is 1. The fourth-order valence-corrected chi connectivity index (χ4v) is 1.30. The van der Waals surface area contributed by atoms with E-state index in [1.807, 2.05) is 5.32 Å². The van der Waals surface area contributed by atoms with Crippen LogP contribution in [0.2, 0.25) is 0 Å². The average Bonchev–Trinajstić information content (AvgIpc) is 2.27. The number of nitrogens with zero attached hydrogens (tertiary/aromatic N) is 1. The van der Waals surface area contributed by atoms with E-state index >= 15 is 0 Å². The van der Waals surface area contributed by atoms with Crippen molar-refractivity contribution in [3.8, 4) is 0 Å². The van der Waals surface area contributed by atoms with Crippen LogP contribution in [0, 0.1) is 6.92 Å². The molecule has 0 saturated carbocycles. The van der Waals surface area contributed by atoms with Crippen LogP contribution in [0.5, 0.6) is 0 Å². The Morgan fingerprint density at radius 1 is 1.44 bits per heavy atom. The lowest BCUT2D eigenvalue weighted by Gasteiger charge is -2.13. The van der Waals surface area contributed by atoms with E-state index in [0.29, 0.717) is 5.69 Å². The third-order valence-electron chi connectivity index (χ3n) is 2.14. The molecule has 0 aromatic carbocycles. The predicted octanol–water partition coefficient (Wildman–Crippen LogP) is 1.23. The van der Waals surface area contributed by atoms with Crippen LogP contribution in [-0.2, 0) is 4.79 Å². The summed E-state index contributed by atoms with van der Waals surface area (Å²) in [7, 11) is 0. The number of hydrogen-bond acceptors (Lipinski definition) is 3. The molecule has 0 aliphatic carbocycles. The topological polar surface area (TPSA) is 79.3 Å². The Hall–Kier alpha value is -2.05. The summed E-state index contributed by atoms with van der Waals surface area (Å²) in [5, 5.41) is 10.7. The lowest BCUT2D eigenvalue weighted by molar-refractivity contribution is -0.140. The van der Waals surface area contributed by atoms with E-state index in [-0.39, 0.29) is 5.69 Å². The Kier molecular flexibility index (Phi) is 4.70. The van der Waals surface area contributed by atoms with Crippen molar-refractivity contribution < 1.29 is 23.5 Å². The normalized spacial score (nSPS) is 12.2. The number of amides is 1. The van der Waals surface area contributed by atoms with Crippen LogP contribution in [-0.4, -0.2) is 34.4 Å². The summed E-state index contributed by atoms with van der Waals surface area (Å²) in [6.07, 6.45) is -3.75. The number of carboxylic acid groups (broad SMARTS) is 1. The standard InChI is InChI=1S/C11H12F2N2O3/c1-6-3-2-4-7(14-6)10(16)15-8(11(17)18)5-9(12)13/h2-4,8-9H,5H2,1H3,(H,15,16)(H,17,18). The molecule has 1 amide bonds. The number of pyridine rings is 1. The number of aliphatic carboxylic acids is 1. The van der Waals surface area contributed by atoms with Gasteiger partial charge in [-0.05, 0) is 19.1 Å². The van der Waals surface area contributed by atoms with Crippen molar-refractivity contribution in [1.29, 1.82) is 0 Å². The van der Waals surface area contributed by atoms with Crippen molar-refractivity contribution in [2.24, 2.45) is 0 Å². The molecule has 0 aliphatic heterocycles.